The largest absolute Gasteiger partial charge is 0.454 e. The number of hydrogen-bond acceptors (Lipinski definition) is 10. The molecular formula is C63H97NO10. The van der Waals surface area contributed by atoms with Crippen molar-refractivity contribution in [1.29, 1.82) is 0 Å². The molecular weight excluding hydrogens is 931 g/mol. The van der Waals surface area contributed by atoms with Crippen molar-refractivity contribution in [1.82, 2.24) is 5.32 Å². The Bertz CT molecular complexity index is 1800. The molecule has 74 heavy (non-hydrogen) atoms. The second-order valence-electron chi connectivity index (χ2n) is 18.5. The van der Waals surface area contributed by atoms with Gasteiger partial charge in [-0.15, -0.1) is 0 Å². The Balaban J connectivity index is 2.84. The normalized spacial score (nSPS) is 20.6. The number of allylic oxidation sites excluding steroid dienone is 25. The zero-order chi connectivity index (χ0) is 54.0. The van der Waals surface area contributed by atoms with Crippen LogP contribution in [0.3, 0.4) is 0 Å². The summed E-state index contributed by atoms with van der Waals surface area (Å²) in [5.74, 6) is -1.31. The zero-order valence-electron chi connectivity index (χ0n) is 45.4. The van der Waals surface area contributed by atoms with Gasteiger partial charge in [-0.3, -0.25) is 9.59 Å². The second kappa shape index (κ2) is 49.2. The molecule has 1 saturated heterocycles. The van der Waals surface area contributed by atoms with E-state index in [0.717, 1.165) is 70.6 Å². The molecule has 11 heteroatoms. The average molecular weight is 1030 g/mol. The van der Waals surface area contributed by atoms with E-state index in [-0.39, 0.29) is 19.4 Å². The number of aliphatic hydroxyl groups is 5. The summed E-state index contributed by atoms with van der Waals surface area (Å²) in [6.07, 6.45) is 61.3. The Kier molecular flexibility index (Phi) is 44.7. The van der Waals surface area contributed by atoms with Crippen LogP contribution in [0.4, 0.5) is 0 Å². The maximum atomic E-state index is 13.4. The Morgan fingerprint density at radius 2 is 0.973 bits per heavy atom. The molecule has 414 valence electrons. The number of hydrogen-bond donors (Lipinski definition) is 6. The molecule has 0 aromatic carbocycles. The molecule has 11 nitrogen and oxygen atoms in total. The summed E-state index contributed by atoms with van der Waals surface area (Å²) in [5.41, 5.74) is 0. The van der Waals surface area contributed by atoms with E-state index in [9.17, 15) is 35.1 Å². The Hall–Kier alpha value is -4.72. The third-order valence-electron chi connectivity index (χ3n) is 12.0. The van der Waals surface area contributed by atoms with Gasteiger partial charge in [0.25, 0.3) is 0 Å². The van der Waals surface area contributed by atoms with Crippen LogP contribution in [-0.4, -0.2) is 99.6 Å². The lowest BCUT2D eigenvalue weighted by Crippen LogP contribution is -2.61. The zero-order valence-corrected chi connectivity index (χ0v) is 45.4. The molecule has 8 unspecified atom stereocenters. The maximum absolute atomic E-state index is 13.4. The molecule has 8 atom stereocenters. The minimum atomic E-state index is -1.65. The molecule has 0 spiro atoms. The van der Waals surface area contributed by atoms with E-state index in [1.165, 1.54) is 44.9 Å². The lowest BCUT2D eigenvalue weighted by molar-refractivity contribution is -0.305. The highest BCUT2D eigenvalue weighted by molar-refractivity contribution is 5.80. The van der Waals surface area contributed by atoms with Crippen molar-refractivity contribution in [2.75, 3.05) is 13.2 Å². The van der Waals surface area contributed by atoms with Crippen molar-refractivity contribution >= 4 is 11.9 Å². The first kappa shape index (κ1) is 67.3. The topological polar surface area (TPSA) is 175 Å². The number of rotatable bonds is 43. The number of esters is 1. The fraction of sp³-hybridized carbons (Fsp3) is 0.556. The van der Waals surface area contributed by atoms with Crippen LogP contribution in [0.5, 0.6) is 0 Å². The number of unbranched alkanes of at least 4 members (excludes halogenated alkanes) is 15. The maximum Gasteiger partial charge on any atom is 0.306 e. The highest BCUT2D eigenvalue weighted by atomic mass is 16.7. The summed E-state index contributed by atoms with van der Waals surface area (Å²) >= 11 is 0. The molecule has 0 aromatic heterocycles. The van der Waals surface area contributed by atoms with Gasteiger partial charge in [-0.1, -0.05) is 249 Å². The number of ether oxygens (including phenoxy) is 3. The van der Waals surface area contributed by atoms with Crippen molar-refractivity contribution < 1.29 is 49.3 Å². The van der Waals surface area contributed by atoms with E-state index < -0.39 is 67.4 Å². The molecule has 0 radical (unpaired) electrons. The van der Waals surface area contributed by atoms with Gasteiger partial charge >= 0.3 is 5.97 Å². The van der Waals surface area contributed by atoms with Crippen molar-refractivity contribution in [3.05, 3.63) is 158 Å². The molecule has 1 fully saturated rings. The molecule has 6 N–H and O–H groups in total. The van der Waals surface area contributed by atoms with Crippen LogP contribution in [0.25, 0.3) is 0 Å². The first-order valence-electron chi connectivity index (χ1n) is 27.9. The van der Waals surface area contributed by atoms with Crippen molar-refractivity contribution in [2.24, 2.45) is 0 Å². The fourth-order valence-electron chi connectivity index (χ4n) is 7.59. The van der Waals surface area contributed by atoms with Crippen LogP contribution in [0.2, 0.25) is 0 Å². The fourth-order valence-corrected chi connectivity index (χ4v) is 7.59. The Morgan fingerprint density at radius 1 is 0.541 bits per heavy atom. The first-order valence-corrected chi connectivity index (χ1v) is 27.9. The molecule has 0 saturated carbocycles. The Labute approximate surface area is 447 Å². The van der Waals surface area contributed by atoms with Crippen molar-refractivity contribution in [3.63, 3.8) is 0 Å². The van der Waals surface area contributed by atoms with Crippen LogP contribution < -0.4 is 5.32 Å². The highest BCUT2D eigenvalue weighted by Crippen LogP contribution is 2.26. The minimum Gasteiger partial charge on any atom is -0.454 e. The summed E-state index contributed by atoms with van der Waals surface area (Å²) in [6.45, 7) is 5.40. The van der Waals surface area contributed by atoms with Gasteiger partial charge in [-0.25, -0.2) is 0 Å². The lowest BCUT2D eigenvalue weighted by Gasteiger charge is -2.41. The van der Waals surface area contributed by atoms with Crippen LogP contribution in [-0.2, 0) is 23.8 Å². The molecule has 0 aromatic rings. The third kappa shape index (κ3) is 37.1. The van der Waals surface area contributed by atoms with Gasteiger partial charge in [0.1, 0.15) is 24.4 Å². The van der Waals surface area contributed by atoms with Gasteiger partial charge in [0.15, 0.2) is 12.4 Å². The van der Waals surface area contributed by atoms with Gasteiger partial charge in [0.05, 0.1) is 25.4 Å². The summed E-state index contributed by atoms with van der Waals surface area (Å²) < 4.78 is 17.5. The number of carbonyl (C=O) groups is 2. The van der Waals surface area contributed by atoms with E-state index in [2.05, 4.69) is 44.3 Å². The van der Waals surface area contributed by atoms with E-state index in [0.29, 0.717) is 12.8 Å². The van der Waals surface area contributed by atoms with Crippen LogP contribution >= 0.6 is 0 Å². The highest BCUT2D eigenvalue weighted by Gasteiger charge is 2.47. The molecule has 0 bridgehead atoms. The predicted molar refractivity (Wildman–Crippen MR) is 305 cm³/mol. The molecule has 1 amide bonds. The van der Waals surface area contributed by atoms with Gasteiger partial charge in [0, 0.05) is 6.42 Å². The lowest BCUT2D eigenvalue weighted by atomic mass is 9.99. The predicted octanol–water partition coefficient (Wildman–Crippen LogP) is 12.4. The quantitative estimate of drug-likeness (QED) is 0.0149. The minimum absolute atomic E-state index is 0.0554. The van der Waals surface area contributed by atoms with E-state index >= 15 is 0 Å². The monoisotopic (exact) mass is 1030 g/mol. The SMILES string of the molecule is CC\C=C/C=C/C=C/C=C\C=C\C=C\CCCCCC(=O)OC1C(OCC(NC(=O)C(O)CCCC/C=C/C=C/C=C\C=C\C=C\C=C/CC)C(O)/C=C/CCCCCCCCCCCC)OC(CO)C(O)C1O. The summed E-state index contributed by atoms with van der Waals surface area (Å²) in [6, 6.07) is -1.07. The van der Waals surface area contributed by atoms with Gasteiger partial charge < -0.3 is 45.1 Å². The Morgan fingerprint density at radius 3 is 1.46 bits per heavy atom. The van der Waals surface area contributed by atoms with E-state index in [1.807, 2.05) is 134 Å². The first-order chi connectivity index (χ1) is 36.2. The smallest absolute Gasteiger partial charge is 0.306 e. The average Bonchev–Trinajstić information content (AvgIpc) is 3.40. The van der Waals surface area contributed by atoms with Gasteiger partial charge in [-0.2, -0.15) is 0 Å². The number of amides is 1. The summed E-state index contributed by atoms with van der Waals surface area (Å²) in [7, 11) is 0. The van der Waals surface area contributed by atoms with Gasteiger partial charge in [0.2, 0.25) is 5.91 Å². The van der Waals surface area contributed by atoms with Crippen LogP contribution in [0.15, 0.2) is 158 Å². The van der Waals surface area contributed by atoms with Crippen molar-refractivity contribution in [2.45, 2.75) is 211 Å². The summed E-state index contributed by atoms with van der Waals surface area (Å²) in [5, 5.41) is 56.7. The molecule has 1 aliphatic rings. The van der Waals surface area contributed by atoms with Gasteiger partial charge in [-0.05, 0) is 64.2 Å². The summed E-state index contributed by atoms with van der Waals surface area (Å²) in [4.78, 5) is 26.4. The van der Waals surface area contributed by atoms with E-state index in [1.54, 1.807) is 6.08 Å². The van der Waals surface area contributed by atoms with E-state index in [4.69, 9.17) is 14.2 Å². The number of aliphatic hydroxyl groups excluding tert-OH is 5. The van der Waals surface area contributed by atoms with Crippen molar-refractivity contribution in [3.8, 4) is 0 Å². The van der Waals surface area contributed by atoms with Crippen LogP contribution in [0, 0.1) is 0 Å². The second-order valence-corrected chi connectivity index (χ2v) is 18.5. The van der Waals surface area contributed by atoms with Crippen LogP contribution in [0.1, 0.15) is 162 Å². The third-order valence-corrected chi connectivity index (χ3v) is 12.0. The molecule has 1 rings (SSSR count). The number of nitrogens with one attached hydrogen (secondary N) is 1. The molecule has 1 heterocycles. The molecule has 1 aliphatic heterocycles. The number of carbonyl (C=O) groups excluding carboxylic acids is 2. The molecule has 0 aliphatic carbocycles. The standard InChI is InChI=1S/C63H97NO10/c1-4-7-10-13-16-19-22-25-27-29-31-33-36-39-42-45-48-51-58(68)74-61-60(70)59(69)57(52-65)73-63(61)72-53-54(55(66)49-46-43-40-37-34-24-21-18-15-12-9-6-3)64-62(71)56(67)50-47-44-41-38-35-32-30-28-26-23-20-17-14-11-8-5-2/h7-8,10-11,13-14,16-17,19-20,22-23,25-33,35-36,38,46,49,54-57,59-61,63,65-67,69-70H,4-6,9,12,15,18,21,24,34,37,39-45,47-48,50-53H2,1-3H3,(H,64,71)/b10-7-,11-8-,16-13+,17-14+,22-19+,23-20+,27-25-,28-26-,31-29+,32-30+,36-33+,38-35+,49-46+.